The molecular formula is C16H12ClN3O2S3. The maximum atomic E-state index is 12.1. The van der Waals surface area contributed by atoms with Crippen molar-refractivity contribution in [3.63, 3.8) is 0 Å². The largest absolute Gasteiger partial charge is 0.296 e. The zero-order valence-electron chi connectivity index (χ0n) is 13.0. The third-order valence-corrected chi connectivity index (χ3v) is 6.35. The van der Waals surface area contributed by atoms with Crippen LogP contribution in [0.15, 0.2) is 40.1 Å². The fourth-order valence-electron chi connectivity index (χ4n) is 1.87. The quantitative estimate of drug-likeness (QED) is 0.360. The molecule has 2 aromatic heterocycles. The lowest BCUT2D eigenvalue weighted by Crippen LogP contribution is -2.09. The van der Waals surface area contributed by atoms with Crippen LogP contribution in [0.5, 0.6) is 0 Å². The minimum Gasteiger partial charge on any atom is -0.296 e. The fourth-order valence-corrected chi connectivity index (χ4v) is 4.43. The van der Waals surface area contributed by atoms with Crippen LogP contribution in [0.1, 0.15) is 25.6 Å². The Morgan fingerprint density at radius 3 is 2.68 bits per heavy atom. The Hall–Kier alpha value is -1.74. The van der Waals surface area contributed by atoms with Crippen LogP contribution in [0.4, 0.5) is 5.13 Å². The van der Waals surface area contributed by atoms with Gasteiger partial charge in [0.05, 0.1) is 10.6 Å². The van der Waals surface area contributed by atoms with Gasteiger partial charge in [0.1, 0.15) is 0 Å². The summed E-state index contributed by atoms with van der Waals surface area (Å²) in [5.74, 6) is 0.0217. The monoisotopic (exact) mass is 409 g/mol. The molecule has 0 atom stereocenters. The van der Waals surface area contributed by atoms with Crippen LogP contribution in [-0.2, 0) is 0 Å². The molecule has 0 saturated heterocycles. The highest BCUT2D eigenvalue weighted by molar-refractivity contribution is 8.01. The van der Waals surface area contributed by atoms with E-state index in [-0.39, 0.29) is 17.4 Å². The summed E-state index contributed by atoms with van der Waals surface area (Å²) in [5.41, 5.74) is 1.65. The molecule has 0 aliphatic heterocycles. The molecule has 1 aromatic carbocycles. The van der Waals surface area contributed by atoms with E-state index in [4.69, 9.17) is 11.6 Å². The van der Waals surface area contributed by atoms with Crippen molar-refractivity contribution < 1.29 is 9.59 Å². The number of aromatic nitrogens is 2. The molecule has 1 amide bonds. The van der Waals surface area contributed by atoms with Gasteiger partial charge in [-0.2, -0.15) is 0 Å². The number of aryl methyl sites for hydroxylation is 1. The Bertz CT molecular complexity index is 906. The second kappa shape index (κ2) is 8.09. The third-order valence-electron chi connectivity index (χ3n) is 3.07. The topological polar surface area (TPSA) is 72.0 Å². The SMILES string of the molecule is Cc1csc(C(=O)Nc2nnc(SCC(=O)c3ccc(Cl)cc3)s2)c1. The van der Waals surface area contributed by atoms with Gasteiger partial charge in [-0.25, -0.2) is 0 Å². The first-order chi connectivity index (χ1) is 12.0. The molecule has 5 nitrogen and oxygen atoms in total. The van der Waals surface area contributed by atoms with Crippen molar-refractivity contribution in [3.05, 3.63) is 56.7 Å². The summed E-state index contributed by atoms with van der Waals surface area (Å²) in [4.78, 5) is 24.8. The summed E-state index contributed by atoms with van der Waals surface area (Å²) < 4.78 is 0.625. The Balaban J connectivity index is 1.55. The van der Waals surface area contributed by atoms with Gasteiger partial charge in [0.15, 0.2) is 10.1 Å². The Labute approximate surface area is 161 Å². The number of rotatable bonds is 6. The van der Waals surface area contributed by atoms with Crippen molar-refractivity contribution in [2.24, 2.45) is 0 Å². The van der Waals surface area contributed by atoms with E-state index in [1.165, 1.54) is 34.4 Å². The summed E-state index contributed by atoms with van der Waals surface area (Å²) in [6.45, 7) is 1.94. The molecular weight excluding hydrogens is 398 g/mol. The second-order valence-electron chi connectivity index (χ2n) is 5.03. The van der Waals surface area contributed by atoms with Gasteiger partial charge in [-0.1, -0.05) is 34.7 Å². The number of thioether (sulfide) groups is 1. The van der Waals surface area contributed by atoms with Crippen molar-refractivity contribution in [1.29, 1.82) is 0 Å². The van der Waals surface area contributed by atoms with Gasteiger partial charge in [-0.3, -0.25) is 14.9 Å². The number of hydrogen-bond acceptors (Lipinski definition) is 7. The van der Waals surface area contributed by atoms with Gasteiger partial charge in [0.25, 0.3) is 5.91 Å². The molecule has 0 aliphatic rings. The van der Waals surface area contributed by atoms with Crippen LogP contribution in [-0.4, -0.2) is 27.6 Å². The number of carbonyl (C=O) groups excluding carboxylic acids is 2. The molecule has 0 fully saturated rings. The number of nitrogens with one attached hydrogen (secondary N) is 1. The molecule has 1 N–H and O–H groups in total. The summed E-state index contributed by atoms with van der Waals surface area (Å²) in [5, 5.41) is 13.6. The molecule has 0 spiro atoms. The number of amides is 1. The molecule has 25 heavy (non-hydrogen) atoms. The van der Waals surface area contributed by atoms with Crippen LogP contribution < -0.4 is 5.32 Å². The van der Waals surface area contributed by atoms with E-state index in [0.717, 1.165) is 5.56 Å². The molecule has 9 heteroatoms. The Kier molecular flexibility index (Phi) is 5.85. The lowest BCUT2D eigenvalue weighted by atomic mass is 10.1. The maximum Gasteiger partial charge on any atom is 0.267 e. The van der Waals surface area contributed by atoms with Gasteiger partial charge in [-0.15, -0.1) is 21.5 Å². The fraction of sp³-hybridized carbons (Fsp3) is 0.125. The standard InChI is InChI=1S/C16H12ClN3O2S3/c1-9-6-13(23-7-9)14(22)18-15-19-20-16(25-15)24-8-12(21)10-2-4-11(17)5-3-10/h2-7H,8H2,1H3,(H,18,19,22). The zero-order valence-corrected chi connectivity index (χ0v) is 16.2. The average Bonchev–Trinajstić information content (AvgIpc) is 3.22. The van der Waals surface area contributed by atoms with E-state index < -0.39 is 0 Å². The number of nitrogens with zero attached hydrogens (tertiary/aromatic N) is 2. The van der Waals surface area contributed by atoms with E-state index in [1.54, 1.807) is 24.3 Å². The van der Waals surface area contributed by atoms with Gasteiger partial charge >= 0.3 is 0 Å². The minimum absolute atomic E-state index is 0.0171. The number of benzene rings is 1. The Morgan fingerprint density at radius 2 is 2.00 bits per heavy atom. The number of Topliss-reactive ketones (excluding diaryl/α,β-unsaturated/α-hetero) is 1. The molecule has 0 aliphatic carbocycles. The summed E-state index contributed by atoms with van der Waals surface area (Å²) in [6.07, 6.45) is 0. The van der Waals surface area contributed by atoms with E-state index in [9.17, 15) is 9.59 Å². The maximum absolute atomic E-state index is 12.1. The first kappa shape index (κ1) is 18.1. The van der Waals surface area contributed by atoms with Crippen molar-refractivity contribution in [2.75, 3.05) is 11.1 Å². The predicted molar refractivity (Wildman–Crippen MR) is 103 cm³/mol. The normalized spacial score (nSPS) is 10.6. The van der Waals surface area contributed by atoms with Crippen LogP contribution in [0.25, 0.3) is 0 Å². The number of halogens is 1. The van der Waals surface area contributed by atoms with Gasteiger partial charge in [0, 0.05) is 10.6 Å². The number of hydrogen-bond donors (Lipinski definition) is 1. The minimum atomic E-state index is -0.206. The second-order valence-corrected chi connectivity index (χ2v) is 8.58. The Morgan fingerprint density at radius 1 is 1.24 bits per heavy atom. The number of thiophene rings is 1. The summed E-state index contributed by atoms with van der Waals surface area (Å²) >= 11 is 9.73. The first-order valence-electron chi connectivity index (χ1n) is 7.13. The van der Waals surface area contributed by atoms with Gasteiger partial charge < -0.3 is 0 Å². The zero-order chi connectivity index (χ0) is 17.8. The highest BCUT2D eigenvalue weighted by atomic mass is 35.5. The molecule has 2 heterocycles. The van der Waals surface area contributed by atoms with E-state index in [2.05, 4.69) is 15.5 Å². The van der Waals surface area contributed by atoms with Crippen molar-refractivity contribution in [2.45, 2.75) is 11.3 Å². The predicted octanol–water partition coefficient (Wildman–Crippen LogP) is 4.79. The number of ketones is 1. The molecule has 0 saturated carbocycles. The van der Waals surface area contributed by atoms with Crippen molar-refractivity contribution in [3.8, 4) is 0 Å². The van der Waals surface area contributed by atoms with Crippen LogP contribution in [0.2, 0.25) is 5.02 Å². The highest BCUT2D eigenvalue weighted by Crippen LogP contribution is 2.27. The molecule has 3 rings (SSSR count). The summed E-state index contributed by atoms with van der Waals surface area (Å²) in [6, 6.07) is 8.58. The van der Waals surface area contributed by atoms with Crippen LogP contribution >= 0.6 is 46.0 Å². The summed E-state index contributed by atoms with van der Waals surface area (Å²) in [7, 11) is 0. The number of anilines is 1. The lowest BCUT2D eigenvalue weighted by Gasteiger charge is -1.99. The van der Waals surface area contributed by atoms with Crippen molar-refractivity contribution >= 4 is 62.9 Å². The molecule has 0 radical (unpaired) electrons. The van der Waals surface area contributed by atoms with Crippen LogP contribution in [0, 0.1) is 6.92 Å². The molecule has 0 bridgehead atoms. The van der Waals surface area contributed by atoms with E-state index in [0.29, 0.717) is 24.9 Å². The first-order valence-corrected chi connectivity index (χ1v) is 10.2. The third kappa shape index (κ3) is 4.88. The molecule has 3 aromatic rings. The number of carbonyl (C=O) groups is 2. The van der Waals surface area contributed by atoms with E-state index in [1.807, 2.05) is 18.4 Å². The van der Waals surface area contributed by atoms with E-state index >= 15 is 0 Å². The smallest absolute Gasteiger partial charge is 0.267 e. The van der Waals surface area contributed by atoms with Gasteiger partial charge in [-0.05, 0) is 48.2 Å². The van der Waals surface area contributed by atoms with Gasteiger partial charge in [0.2, 0.25) is 5.13 Å². The highest BCUT2D eigenvalue weighted by Gasteiger charge is 2.13. The van der Waals surface area contributed by atoms with Crippen molar-refractivity contribution in [1.82, 2.24) is 10.2 Å². The van der Waals surface area contributed by atoms with Crippen LogP contribution in [0.3, 0.4) is 0 Å². The molecule has 128 valence electrons. The molecule has 0 unspecified atom stereocenters. The lowest BCUT2D eigenvalue weighted by molar-refractivity contribution is 0.101. The average molecular weight is 410 g/mol.